The average Bonchev–Trinajstić information content (AvgIpc) is 2.77. The zero-order chi connectivity index (χ0) is 14.8. The predicted octanol–water partition coefficient (Wildman–Crippen LogP) is 4.84. The number of methoxy groups -OCH3 is 1. The van der Waals surface area contributed by atoms with E-state index < -0.39 is 0 Å². The van der Waals surface area contributed by atoms with Gasteiger partial charge in [-0.3, -0.25) is 0 Å². The van der Waals surface area contributed by atoms with E-state index in [0.717, 1.165) is 15.8 Å². The van der Waals surface area contributed by atoms with E-state index in [4.69, 9.17) is 10.5 Å². The van der Waals surface area contributed by atoms with Crippen molar-refractivity contribution in [3.8, 4) is 5.75 Å². The van der Waals surface area contributed by atoms with Crippen LogP contribution in [0.15, 0.2) is 28.7 Å². The Hall–Kier alpha value is -0.840. The van der Waals surface area contributed by atoms with Crippen molar-refractivity contribution in [2.24, 2.45) is 5.73 Å². The summed E-state index contributed by atoms with van der Waals surface area (Å²) in [6.07, 6.45) is 6.42. The van der Waals surface area contributed by atoms with Crippen LogP contribution in [0, 0.1) is 0 Å². The fraction of sp³-hybridized carbons (Fsp3) is 0.412. The van der Waals surface area contributed by atoms with Gasteiger partial charge in [0.25, 0.3) is 0 Å². The molecule has 2 N–H and O–H groups in total. The first-order valence-electron chi connectivity index (χ1n) is 7.39. The van der Waals surface area contributed by atoms with E-state index in [1.54, 1.807) is 12.0 Å². The smallest absolute Gasteiger partial charge is 0.133 e. The van der Waals surface area contributed by atoms with Gasteiger partial charge >= 0.3 is 0 Å². The van der Waals surface area contributed by atoms with Crippen molar-refractivity contribution >= 4 is 27.3 Å². The van der Waals surface area contributed by atoms with Crippen molar-refractivity contribution in [3.05, 3.63) is 49.6 Å². The fourth-order valence-corrected chi connectivity index (χ4v) is 4.73. The third-order valence-electron chi connectivity index (χ3n) is 4.11. The van der Waals surface area contributed by atoms with Gasteiger partial charge in [-0.1, -0.05) is 12.5 Å². The second-order valence-electron chi connectivity index (χ2n) is 5.53. The lowest BCUT2D eigenvalue weighted by Crippen LogP contribution is -2.10. The van der Waals surface area contributed by atoms with Gasteiger partial charge in [-0.25, -0.2) is 0 Å². The first kappa shape index (κ1) is 15.1. The molecule has 4 heteroatoms. The van der Waals surface area contributed by atoms with Gasteiger partial charge < -0.3 is 10.5 Å². The molecule has 1 aliphatic rings. The summed E-state index contributed by atoms with van der Waals surface area (Å²) < 4.78 is 6.24. The molecule has 0 spiro atoms. The molecule has 0 fully saturated rings. The van der Waals surface area contributed by atoms with Gasteiger partial charge in [0.2, 0.25) is 0 Å². The second-order valence-corrected chi connectivity index (χ2v) is 7.55. The zero-order valence-corrected chi connectivity index (χ0v) is 14.6. The van der Waals surface area contributed by atoms with Crippen LogP contribution in [0.3, 0.4) is 0 Å². The van der Waals surface area contributed by atoms with E-state index in [0.29, 0.717) is 0 Å². The number of aryl methyl sites for hydroxylation is 2. The standard InChI is InChI=1S/C17H20BrNOS/c1-20-14-8-7-12(9-13(14)18)17(19)16-10-11-5-3-2-4-6-15(11)21-16/h7-10,17H,2-6,19H2,1H3. The molecular weight excluding hydrogens is 346 g/mol. The molecule has 0 saturated heterocycles. The van der Waals surface area contributed by atoms with E-state index in [1.165, 1.54) is 42.5 Å². The van der Waals surface area contributed by atoms with Gasteiger partial charge in [0.15, 0.2) is 0 Å². The minimum absolute atomic E-state index is 0.0517. The lowest BCUT2D eigenvalue weighted by atomic mass is 10.0. The maximum absolute atomic E-state index is 6.48. The molecule has 0 radical (unpaired) electrons. The van der Waals surface area contributed by atoms with Crippen molar-refractivity contribution in [2.75, 3.05) is 7.11 Å². The van der Waals surface area contributed by atoms with Gasteiger partial charge in [0.1, 0.15) is 5.75 Å². The molecule has 0 aliphatic heterocycles. The Morgan fingerprint density at radius 2 is 2.00 bits per heavy atom. The monoisotopic (exact) mass is 365 g/mol. The Kier molecular flexibility index (Phi) is 4.67. The van der Waals surface area contributed by atoms with Crippen LogP contribution in [-0.2, 0) is 12.8 Å². The first-order valence-corrected chi connectivity index (χ1v) is 9.00. The van der Waals surface area contributed by atoms with E-state index in [2.05, 4.69) is 34.1 Å². The zero-order valence-electron chi connectivity index (χ0n) is 12.2. The number of ether oxygens (including phenoxy) is 1. The topological polar surface area (TPSA) is 35.2 Å². The molecule has 2 aromatic rings. The summed E-state index contributed by atoms with van der Waals surface area (Å²) in [5.74, 6) is 0.841. The Bertz CT molecular complexity index is 614. The summed E-state index contributed by atoms with van der Waals surface area (Å²) in [4.78, 5) is 2.82. The van der Waals surface area contributed by atoms with E-state index in [9.17, 15) is 0 Å². The molecule has 1 aromatic heterocycles. The largest absolute Gasteiger partial charge is 0.496 e. The van der Waals surface area contributed by atoms with Crippen molar-refractivity contribution in [1.82, 2.24) is 0 Å². The SMILES string of the molecule is COc1ccc(C(N)c2cc3c(s2)CCCCC3)cc1Br. The summed E-state index contributed by atoms with van der Waals surface area (Å²) in [7, 11) is 1.68. The highest BCUT2D eigenvalue weighted by Gasteiger charge is 2.18. The molecule has 0 bridgehead atoms. The Labute approximate surface area is 138 Å². The van der Waals surface area contributed by atoms with Gasteiger partial charge in [-0.2, -0.15) is 0 Å². The van der Waals surface area contributed by atoms with Crippen LogP contribution in [0.4, 0.5) is 0 Å². The van der Waals surface area contributed by atoms with Crippen LogP contribution in [0.1, 0.15) is 46.2 Å². The van der Waals surface area contributed by atoms with Crippen molar-refractivity contribution in [2.45, 2.75) is 38.1 Å². The summed E-state index contributed by atoms with van der Waals surface area (Å²) >= 11 is 5.43. The number of benzene rings is 1. The third kappa shape index (κ3) is 3.17. The Morgan fingerprint density at radius 1 is 1.19 bits per heavy atom. The van der Waals surface area contributed by atoms with Crippen LogP contribution >= 0.6 is 27.3 Å². The quantitative estimate of drug-likeness (QED) is 0.790. The van der Waals surface area contributed by atoms with E-state index in [1.807, 2.05) is 17.4 Å². The summed E-state index contributed by atoms with van der Waals surface area (Å²) in [6, 6.07) is 8.36. The van der Waals surface area contributed by atoms with Crippen LogP contribution < -0.4 is 10.5 Å². The Morgan fingerprint density at radius 3 is 2.76 bits per heavy atom. The molecular formula is C17H20BrNOS. The minimum Gasteiger partial charge on any atom is -0.496 e. The average molecular weight is 366 g/mol. The number of hydrogen-bond acceptors (Lipinski definition) is 3. The molecule has 1 aromatic carbocycles. The van der Waals surface area contributed by atoms with E-state index in [-0.39, 0.29) is 6.04 Å². The second kappa shape index (κ2) is 6.51. The van der Waals surface area contributed by atoms with Gasteiger partial charge in [-0.15, -0.1) is 11.3 Å². The van der Waals surface area contributed by atoms with E-state index >= 15 is 0 Å². The van der Waals surface area contributed by atoms with Gasteiger partial charge in [0, 0.05) is 9.75 Å². The maximum Gasteiger partial charge on any atom is 0.133 e. The molecule has 1 aliphatic carbocycles. The third-order valence-corrected chi connectivity index (χ3v) is 6.05. The molecule has 3 rings (SSSR count). The Balaban J connectivity index is 1.88. The first-order chi connectivity index (χ1) is 10.2. The molecule has 112 valence electrons. The highest BCUT2D eigenvalue weighted by molar-refractivity contribution is 9.10. The van der Waals surface area contributed by atoms with Crippen LogP contribution in [0.5, 0.6) is 5.75 Å². The summed E-state index contributed by atoms with van der Waals surface area (Å²) in [5.41, 5.74) is 9.12. The normalized spacial score (nSPS) is 16.1. The molecule has 21 heavy (non-hydrogen) atoms. The van der Waals surface area contributed by atoms with Crippen LogP contribution in [0.25, 0.3) is 0 Å². The fourth-order valence-electron chi connectivity index (χ4n) is 2.88. The van der Waals surface area contributed by atoms with Gasteiger partial charge in [0.05, 0.1) is 17.6 Å². The number of halogens is 1. The number of hydrogen-bond donors (Lipinski definition) is 1. The number of fused-ring (bicyclic) bond motifs is 1. The molecule has 0 saturated carbocycles. The summed E-state index contributed by atoms with van der Waals surface area (Å²) in [6.45, 7) is 0. The molecule has 2 nitrogen and oxygen atoms in total. The lowest BCUT2D eigenvalue weighted by Gasteiger charge is -2.12. The predicted molar refractivity (Wildman–Crippen MR) is 92.3 cm³/mol. The molecule has 1 heterocycles. The summed E-state index contributed by atoms with van der Waals surface area (Å²) in [5, 5.41) is 0. The van der Waals surface area contributed by atoms with Crippen LogP contribution in [0.2, 0.25) is 0 Å². The molecule has 1 unspecified atom stereocenters. The number of rotatable bonds is 3. The van der Waals surface area contributed by atoms with Gasteiger partial charge in [-0.05, 0) is 70.9 Å². The highest BCUT2D eigenvalue weighted by Crippen LogP contribution is 2.35. The molecule has 0 amide bonds. The minimum atomic E-state index is -0.0517. The van der Waals surface area contributed by atoms with Crippen molar-refractivity contribution < 1.29 is 4.74 Å². The number of nitrogens with two attached hydrogens (primary N) is 1. The van der Waals surface area contributed by atoms with Crippen LogP contribution in [-0.4, -0.2) is 7.11 Å². The highest BCUT2D eigenvalue weighted by atomic mass is 79.9. The molecule has 1 atom stereocenters. The van der Waals surface area contributed by atoms with Crippen molar-refractivity contribution in [1.29, 1.82) is 0 Å². The number of thiophene rings is 1. The lowest BCUT2D eigenvalue weighted by molar-refractivity contribution is 0.412. The maximum atomic E-state index is 6.48. The van der Waals surface area contributed by atoms with Crippen molar-refractivity contribution in [3.63, 3.8) is 0 Å².